The van der Waals surface area contributed by atoms with Crippen molar-refractivity contribution in [3.8, 4) is 6.07 Å². The van der Waals surface area contributed by atoms with Crippen molar-refractivity contribution in [2.75, 3.05) is 5.32 Å². The molecule has 0 aliphatic heterocycles. The zero-order valence-electron chi connectivity index (χ0n) is 11.5. The number of hydrogen-bond donors (Lipinski definition) is 1. The Morgan fingerprint density at radius 2 is 1.75 bits per heavy atom. The highest BCUT2D eigenvalue weighted by molar-refractivity contribution is 9.10. The van der Waals surface area contributed by atoms with Gasteiger partial charge in [0.05, 0.1) is 6.07 Å². The van der Waals surface area contributed by atoms with Crippen LogP contribution < -0.4 is 5.32 Å². The Balaban J connectivity index is 1.68. The molecule has 4 bridgehead atoms. The van der Waals surface area contributed by atoms with Crippen LogP contribution >= 0.6 is 15.9 Å². The lowest BCUT2D eigenvalue weighted by Gasteiger charge is -2.58. The van der Waals surface area contributed by atoms with Crippen molar-refractivity contribution in [2.24, 2.45) is 23.7 Å². The lowest BCUT2D eigenvalue weighted by atomic mass is 9.49. The summed E-state index contributed by atoms with van der Waals surface area (Å²) in [5.74, 6) is 2.87. The van der Waals surface area contributed by atoms with Crippen molar-refractivity contribution in [1.82, 2.24) is 0 Å². The molecule has 4 fully saturated rings. The van der Waals surface area contributed by atoms with Crippen LogP contribution in [-0.4, -0.2) is 5.54 Å². The Morgan fingerprint density at radius 3 is 2.30 bits per heavy atom. The molecule has 0 atom stereocenters. The van der Waals surface area contributed by atoms with E-state index in [4.69, 9.17) is 0 Å². The first-order chi connectivity index (χ1) is 9.69. The van der Waals surface area contributed by atoms with Gasteiger partial charge in [-0.25, -0.2) is 0 Å². The third-order valence-corrected chi connectivity index (χ3v) is 6.28. The molecule has 4 saturated carbocycles. The monoisotopic (exact) mass is 330 g/mol. The average Bonchev–Trinajstić information content (AvgIpc) is 2.42. The number of rotatable bonds is 2. The first-order valence-corrected chi connectivity index (χ1v) is 8.44. The van der Waals surface area contributed by atoms with E-state index in [-0.39, 0.29) is 5.54 Å². The van der Waals surface area contributed by atoms with E-state index in [1.54, 1.807) is 0 Å². The summed E-state index contributed by atoms with van der Waals surface area (Å²) in [5.41, 5.74) is 0.752. The maximum absolute atomic E-state index is 9.95. The summed E-state index contributed by atoms with van der Waals surface area (Å²) in [6, 6.07) is 10.9. The van der Waals surface area contributed by atoms with Gasteiger partial charge in [0, 0.05) is 10.2 Å². The Morgan fingerprint density at radius 1 is 1.10 bits per heavy atom. The van der Waals surface area contributed by atoms with Crippen LogP contribution in [0, 0.1) is 35.0 Å². The second kappa shape index (κ2) is 4.49. The maximum Gasteiger partial charge on any atom is 0.131 e. The van der Waals surface area contributed by atoms with Crippen LogP contribution in [0.4, 0.5) is 5.69 Å². The van der Waals surface area contributed by atoms with E-state index in [1.165, 1.54) is 32.1 Å². The number of benzene rings is 1. The van der Waals surface area contributed by atoms with Crippen LogP contribution in [0.5, 0.6) is 0 Å². The van der Waals surface area contributed by atoms with E-state index in [0.717, 1.165) is 22.0 Å². The molecule has 1 aromatic carbocycles. The fraction of sp³-hybridized carbons (Fsp3) is 0.588. The summed E-state index contributed by atoms with van der Waals surface area (Å²) >= 11 is 3.52. The Kier molecular flexibility index (Phi) is 2.86. The predicted octanol–water partition coefficient (Wildman–Crippen LogP) is 4.58. The molecule has 3 heteroatoms. The molecule has 0 radical (unpaired) electrons. The first kappa shape index (κ1) is 12.7. The third-order valence-electron chi connectivity index (χ3n) is 5.79. The lowest BCUT2D eigenvalue weighted by Crippen LogP contribution is -2.61. The second-order valence-electron chi connectivity index (χ2n) is 6.92. The molecule has 1 N–H and O–H groups in total. The molecule has 0 aromatic heterocycles. The van der Waals surface area contributed by atoms with Gasteiger partial charge in [-0.05, 0) is 74.0 Å². The van der Waals surface area contributed by atoms with Gasteiger partial charge in [-0.2, -0.15) is 5.26 Å². The number of nitriles is 1. The highest BCUT2D eigenvalue weighted by Crippen LogP contribution is 2.58. The number of halogens is 1. The molecule has 0 unspecified atom stereocenters. The summed E-state index contributed by atoms with van der Waals surface area (Å²) in [7, 11) is 0. The Bertz CT molecular complexity index is 547. The molecule has 5 rings (SSSR count). The minimum absolute atomic E-state index is 0.325. The molecule has 4 aliphatic rings. The van der Waals surface area contributed by atoms with E-state index in [0.29, 0.717) is 11.8 Å². The highest BCUT2D eigenvalue weighted by Gasteiger charge is 2.57. The fourth-order valence-electron chi connectivity index (χ4n) is 5.15. The van der Waals surface area contributed by atoms with Gasteiger partial charge >= 0.3 is 0 Å². The van der Waals surface area contributed by atoms with Crippen molar-refractivity contribution in [2.45, 2.75) is 37.6 Å². The van der Waals surface area contributed by atoms with Crippen LogP contribution in [0.25, 0.3) is 0 Å². The van der Waals surface area contributed by atoms with Crippen molar-refractivity contribution in [3.05, 3.63) is 28.7 Å². The van der Waals surface area contributed by atoms with Crippen LogP contribution in [0.1, 0.15) is 32.1 Å². The molecular formula is C17H19BrN2. The molecule has 2 nitrogen and oxygen atoms in total. The van der Waals surface area contributed by atoms with E-state index in [9.17, 15) is 5.26 Å². The molecule has 104 valence electrons. The largest absolute Gasteiger partial charge is 0.367 e. The Labute approximate surface area is 128 Å². The zero-order chi connectivity index (χ0) is 13.7. The van der Waals surface area contributed by atoms with E-state index < -0.39 is 0 Å². The number of nitrogens with zero attached hydrogens (tertiary/aromatic N) is 1. The number of anilines is 1. The summed E-state index contributed by atoms with van der Waals surface area (Å²) in [6.45, 7) is 0. The van der Waals surface area contributed by atoms with Gasteiger partial charge in [-0.15, -0.1) is 0 Å². The van der Waals surface area contributed by atoms with Gasteiger partial charge < -0.3 is 5.32 Å². The SMILES string of the molecule is N#CC1(Nc2cccc(Br)c2)C2CC3CC(C2)CC1C3. The Hall–Kier alpha value is -1.01. The molecule has 20 heavy (non-hydrogen) atoms. The number of nitrogens with one attached hydrogen (secondary N) is 1. The standard InChI is InChI=1S/C17H19BrN2/c18-15-2-1-3-16(9-15)20-17(10-19)13-5-11-4-12(7-13)8-14(17)6-11/h1-3,9,11-14,20H,4-8H2. The molecular weight excluding hydrogens is 312 g/mol. The van der Waals surface area contributed by atoms with Crippen molar-refractivity contribution in [1.29, 1.82) is 5.26 Å². The quantitative estimate of drug-likeness (QED) is 0.861. The smallest absolute Gasteiger partial charge is 0.131 e. The van der Waals surface area contributed by atoms with E-state index in [2.05, 4.69) is 39.4 Å². The van der Waals surface area contributed by atoms with E-state index >= 15 is 0 Å². The molecule has 4 aliphatic carbocycles. The minimum Gasteiger partial charge on any atom is -0.367 e. The molecule has 0 amide bonds. The van der Waals surface area contributed by atoms with Crippen LogP contribution in [0.15, 0.2) is 28.7 Å². The van der Waals surface area contributed by atoms with Crippen molar-refractivity contribution < 1.29 is 0 Å². The van der Waals surface area contributed by atoms with E-state index in [1.807, 2.05) is 12.1 Å². The lowest BCUT2D eigenvalue weighted by molar-refractivity contribution is -0.0206. The minimum atomic E-state index is -0.325. The summed E-state index contributed by atoms with van der Waals surface area (Å²) < 4.78 is 1.07. The van der Waals surface area contributed by atoms with Gasteiger partial charge in [0.2, 0.25) is 0 Å². The van der Waals surface area contributed by atoms with Gasteiger partial charge in [0.15, 0.2) is 0 Å². The van der Waals surface area contributed by atoms with Crippen LogP contribution in [0.2, 0.25) is 0 Å². The van der Waals surface area contributed by atoms with Crippen molar-refractivity contribution in [3.63, 3.8) is 0 Å². The van der Waals surface area contributed by atoms with Gasteiger partial charge in [0.1, 0.15) is 5.54 Å². The van der Waals surface area contributed by atoms with Crippen LogP contribution in [-0.2, 0) is 0 Å². The summed E-state index contributed by atoms with van der Waals surface area (Å²) in [5, 5.41) is 13.6. The van der Waals surface area contributed by atoms with Gasteiger partial charge in [-0.3, -0.25) is 0 Å². The topological polar surface area (TPSA) is 35.8 Å². The third kappa shape index (κ3) is 1.81. The number of hydrogen-bond acceptors (Lipinski definition) is 2. The van der Waals surface area contributed by atoms with Crippen molar-refractivity contribution >= 4 is 21.6 Å². The summed E-state index contributed by atoms with van der Waals surface area (Å²) in [6.07, 6.45) is 6.43. The summed E-state index contributed by atoms with van der Waals surface area (Å²) in [4.78, 5) is 0. The molecule has 1 aromatic rings. The molecule has 0 saturated heterocycles. The highest BCUT2D eigenvalue weighted by atomic mass is 79.9. The zero-order valence-corrected chi connectivity index (χ0v) is 13.1. The fourth-order valence-corrected chi connectivity index (χ4v) is 5.55. The first-order valence-electron chi connectivity index (χ1n) is 7.64. The van der Waals surface area contributed by atoms with Crippen LogP contribution in [0.3, 0.4) is 0 Å². The predicted molar refractivity (Wildman–Crippen MR) is 83.2 cm³/mol. The molecule has 0 spiro atoms. The normalized spacial score (nSPS) is 41.4. The van der Waals surface area contributed by atoms with Gasteiger partial charge in [-0.1, -0.05) is 22.0 Å². The van der Waals surface area contributed by atoms with Gasteiger partial charge in [0.25, 0.3) is 0 Å². The average molecular weight is 331 g/mol. The second-order valence-corrected chi connectivity index (χ2v) is 7.84. The maximum atomic E-state index is 9.95. The molecule has 0 heterocycles.